The van der Waals surface area contributed by atoms with Gasteiger partial charge in [-0.2, -0.15) is 0 Å². The average molecular weight is 308 g/mol. The molecular weight excluding hydrogens is 295 g/mol. The number of hydrogen-bond acceptors (Lipinski definition) is 5. The van der Waals surface area contributed by atoms with E-state index in [4.69, 9.17) is 16.2 Å². The second-order valence-electron chi connectivity index (χ2n) is 4.37. The van der Waals surface area contributed by atoms with Crippen LogP contribution in [0, 0.1) is 12.7 Å². The van der Waals surface area contributed by atoms with Crippen LogP contribution in [0.15, 0.2) is 24.3 Å². The summed E-state index contributed by atoms with van der Waals surface area (Å²) in [6.07, 6.45) is 0. The van der Waals surface area contributed by atoms with Crippen molar-refractivity contribution in [1.82, 2.24) is 0 Å². The van der Waals surface area contributed by atoms with E-state index in [0.29, 0.717) is 10.6 Å². The van der Waals surface area contributed by atoms with Gasteiger partial charge in [0.1, 0.15) is 17.3 Å². The molecular formula is C14H13FN2O3S. The number of halogens is 1. The Morgan fingerprint density at radius 1 is 1.33 bits per heavy atom. The number of esters is 1. The van der Waals surface area contributed by atoms with E-state index in [0.717, 1.165) is 10.9 Å². The van der Waals surface area contributed by atoms with E-state index in [1.807, 2.05) is 0 Å². The molecule has 2 rings (SSSR count). The van der Waals surface area contributed by atoms with E-state index >= 15 is 0 Å². The minimum atomic E-state index is -0.720. The summed E-state index contributed by atoms with van der Waals surface area (Å²) in [6.45, 7) is 1.56. The number of primary amides is 1. The lowest BCUT2D eigenvalue weighted by Crippen LogP contribution is -2.12. The lowest BCUT2D eigenvalue weighted by atomic mass is 10.1. The number of aryl methyl sites for hydroxylation is 1. The Balaban J connectivity index is 2.06. The molecule has 0 saturated carbocycles. The summed E-state index contributed by atoms with van der Waals surface area (Å²) in [5, 5.41) is 0. The van der Waals surface area contributed by atoms with Crippen LogP contribution in [0.1, 0.15) is 30.5 Å². The summed E-state index contributed by atoms with van der Waals surface area (Å²) in [5.74, 6) is -1.94. The van der Waals surface area contributed by atoms with Gasteiger partial charge in [-0.1, -0.05) is 6.07 Å². The highest BCUT2D eigenvalue weighted by atomic mass is 32.1. The number of amides is 1. The molecule has 0 saturated heterocycles. The van der Waals surface area contributed by atoms with Crippen LogP contribution in [0.5, 0.6) is 0 Å². The van der Waals surface area contributed by atoms with Gasteiger partial charge in [-0.25, -0.2) is 9.18 Å². The van der Waals surface area contributed by atoms with Crippen LogP contribution in [0.2, 0.25) is 0 Å². The molecule has 4 N–H and O–H groups in total. The minimum Gasteiger partial charge on any atom is -0.457 e. The molecule has 110 valence electrons. The third-order valence-electron chi connectivity index (χ3n) is 2.85. The van der Waals surface area contributed by atoms with Crippen LogP contribution in [0.4, 0.5) is 10.1 Å². The van der Waals surface area contributed by atoms with E-state index in [9.17, 15) is 14.0 Å². The molecule has 5 nitrogen and oxygen atoms in total. The van der Waals surface area contributed by atoms with Gasteiger partial charge in [0.2, 0.25) is 5.91 Å². The van der Waals surface area contributed by atoms with Gasteiger partial charge in [-0.3, -0.25) is 4.79 Å². The molecule has 1 aromatic carbocycles. The van der Waals surface area contributed by atoms with Gasteiger partial charge in [-0.15, -0.1) is 11.3 Å². The molecule has 21 heavy (non-hydrogen) atoms. The van der Waals surface area contributed by atoms with E-state index in [1.165, 1.54) is 29.5 Å². The van der Waals surface area contributed by atoms with Crippen LogP contribution in [-0.4, -0.2) is 11.9 Å². The normalized spacial score (nSPS) is 10.4. The van der Waals surface area contributed by atoms with E-state index in [-0.39, 0.29) is 17.7 Å². The number of carbonyl (C=O) groups is 2. The highest BCUT2D eigenvalue weighted by Gasteiger charge is 2.14. The zero-order chi connectivity index (χ0) is 15.6. The van der Waals surface area contributed by atoms with Crippen molar-refractivity contribution in [2.45, 2.75) is 13.5 Å². The standard InChI is InChI=1S/C14H13FN2O3S/c1-7-11(16)5-12(21-7)14(19)20-6-9-3-2-8(13(17)18)4-10(9)15/h2-5H,6,16H2,1H3,(H2,17,18). The monoisotopic (exact) mass is 308 g/mol. The first kappa shape index (κ1) is 15.0. The third kappa shape index (κ3) is 3.38. The van der Waals surface area contributed by atoms with Crippen molar-refractivity contribution in [3.05, 3.63) is 51.0 Å². The zero-order valence-corrected chi connectivity index (χ0v) is 12.0. The van der Waals surface area contributed by atoms with Crippen molar-refractivity contribution in [2.24, 2.45) is 5.73 Å². The number of ether oxygens (including phenoxy) is 1. The Morgan fingerprint density at radius 3 is 2.57 bits per heavy atom. The van der Waals surface area contributed by atoms with E-state index in [2.05, 4.69) is 0 Å². The van der Waals surface area contributed by atoms with Crippen molar-refractivity contribution < 1.29 is 18.7 Å². The fourth-order valence-electron chi connectivity index (χ4n) is 1.63. The number of rotatable bonds is 4. The summed E-state index contributed by atoms with van der Waals surface area (Å²) in [5.41, 5.74) is 11.4. The maximum atomic E-state index is 13.7. The third-order valence-corrected chi connectivity index (χ3v) is 3.90. The molecule has 0 spiro atoms. The van der Waals surface area contributed by atoms with Crippen LogP contribution in [-0.2, 0) is 11.3 Å². The number of carbonyl (C=O) groups excluding carboxylic acids is 2. The fraction of sp³-hybridized carbons (Fsp3) is 0.143. The Hall–Kier alpha value is -2.41. The van der Waals surface area contributed by atoms with Crippen molar-refractivity contribution in [2.75, 3.05) is 5.73 Å². The van der Waals surface area contributed by atoms with Gasteiger partial charge in [-0.05, 0) is 25.1 Å². The van der Waals surface area contributed by atoms with Crippen LogP contribution in [0.3, 0.4) is 0 Å². The molecule has 2 aromatic rings. The molecule has 0 fully saturated rings. The van der Waals surface area contributed by atoms with Gasteiger partial charge < -0.3 is 16.2 Å². The minimum absolute atomic E-state index is 0.0595. The maximum Gasteiger partial charge on any atom is 0.348 e. The maximum absolute atomic E-state index is 13.7. The quantitative estimate of drug-likeness (QED) is 0.847. The average Bonchev–Trinajstić information content (AvgIpc) is 2.77. The molecule has 1 heterocycles. The van der Waals surface area contributed by atoms with Crippen LogP contribution in [0.25, 0.3) is 0 Å². The molecule has 0 bridgehead atoms. The van der Waals surface area contributed by atoms with Crippen molar-refractivity contribution in [3.63, 3.8) is 0 Å². The van der Waals surface area contributed by atoms with Crippen molar-refractivity contribution >= 4 is 28.9 Å². The Bertz CT molecular complexity index is 693. The summed E-state index contributed by atoms with van der Waals surface area (Å²) >= 11 is 1.21. The number of anilines is 1. The summed E-state index contributed by atoms with van der Waals surface area (Å²) in [6, 6.07) is 5.27. The van der Waals surface area contributed by atoms with Gasteiger partial charge in [0, 0.05) is 21.7 Å². The summed E-state index contributed by atoms with van der Waals surface area (Å²) in [4.78, 5) is 23.9. The first-order valence-electron chi connectivity index (χ1n) is 5.99. The largest absolute Gasteiger partial charge is 0.457 e. The Labute approximate surface area is 124 Å². The predicted molar refractivity (Wildman–Crippen MR) is 77.5 cm³/mol. The van der Waals surface area contributed by atoms with Crippen LogP contribution < -0.4 is 11.5 Å². The lowest BCUT2D eigenvalue weighted by Gasteiger charge is -2.05. The molecule has 1 aromatic heterocycles. The fourth-order valence-corrected chi connectivity index (χ4v) is 2.46. The van der Waals surface area contributed by atoms with Gasteiger partial charge in [0.25, 0.3) is 0 Å². The molecule has 0 aliphatic heterocycles. The summed E-state index contributed by atoms with van der Waals surface area (Å²) < 4.78 is 18.7. The molecule has 0 unspecified atom stereocenters. The van der Waals surface area contributed by atoms with E-state index < -0.39 is 17.7 Å². The van der Waals surface area contributed by atoms with E-state index in [1.54, 1.807) is 6.92 Å². The smallest absolute Gasteiger partial charge is 0.348 e. The first-order valence-corrected chi connectivity index (χ1v) is 6.81. The Kier molecular flexibility index (Phi) is 4.23. The number of benzene rings is 1. The number of nitrogen functional groups attached to an aromatic ring is 1. The molecule has 0 radical (unpaired) electrons. The van der Waals surface area contributed by atoms with Gasteiger partial charge in [0.05, 0.1) is 0 Å². The summed E-state index contributed by atoms with van der Waals surface area (Å²) in [7, 11) is 0. The number of nitrogens with two attached hydrogens (primary N) is 2. The molecule has 0 aliphatic rings. The second-order valence-corrected chi connectivity index (χ2v) is 5.63. The molecule has 0 aliphatic carbocycles. The lowest BCUT2D eigenvalue weighted by molar-refractivity contribution is 0.0474. The van der Waals surface area contributed by atoms with Crippen molar-refractivity contribution in [1.29, 1.82) is 0 Å². The van der Waals surface area contributed by atoms with Gasteiger partial charge in [0.15, 0.2) is 0 Å². The van der Waals surface area contributed by atoms with Crippen LogP contribution >= 0.6 is 11.3 Å². The SMILES string of the molecule is Cc1sc(C(=O)OCc2ccc(C(N)=O)cc2F)cc1N. The predicted octanol–water partition coefficient (Wildman–Crippen LogP) is 2.23. The topological polar surface area (TPSA) is 95.4 Å². The molecule has 7 heteroatoms. The zero-order valence-electron chi connectivity index (χ0n) is 11.2. The number of thiophene rings is 1. The first-order chi connectivity index (χ1) is 9.88. The molecule has 1 amide bonds. The second kappa shape index (κ2) is 5.92. The van der Waals surface area contributed by atoms with Gasteiger partial charge >= 0.3 is 5.97 Å². The van der Waals surface area contributed by atoms with Crippen molar-refractivity contribution in [3.8, 4) is 0 Å². The highest BCUT2D eigenvalue weighted by Crippen LogP contribution is 2.24. The number of hydrogen-bond donors (Lipinski definition) is 2. The Morgan fingerprint density at radius 2 is 2.05 bits per heavy atom. The molecule has 0 atom stereocenters. The highest BCUT2D eigenvalue weighted by molar-refractivity contribution is 7.14.